The second kappa shape index (κ2) is 13.2. The smallest absolute Gasteiger partial charge is 0.243 e. The number of nitrogens with zero attached hydrogens (tertiary/aromatic N) is 4. The van der Waals surface area contributed by atoms with Crippen LogP contribution in [0.3, 0.4) is 0 Å². The molecule has 11 nitrogen and oxygen atoms in total. The number of piperazine rings is 1. The standard InChI is InChI=1S/C26H39N7O4S/c27-26(28)30-12-4-7-19(23(36)25-29-13-14-38-25)31-24(37)20-10-9-18-15-32(16-22(35)33(18)20)21(34)11-8-17-5-2-1-3-6-17/h13-14,17-20H,1-12,15-16H2,(H,31,37)(H4,27,28,30). The summed E-state index contributed by atoms with van der Waals surface area (Å²) in [7, 11) is 0. The Kier molecular flexibility index (Phi) is 9.70. The molecule has 3 heterocycles. The Hall–Kier alpha value is -3.02. The molecule has 38 heavy (non-hydrogen) atoms. The van der Waals surface area contributed by atoms with Gasteiger partial charge in [-0.05, 0) is 38.0 Å². The second-order valence-corrected chi connectivity index (χ2v) is 11.5. The first-order chi connectivity index (χ1) is 18.3. The molecule has 3 unspecified atom stereocenters. The van der Waals surface area contributed by atoms with Gasteiger partial charge in [-0.25, -0.2) is 4.98 Å². The summed E-state index contributed by atoms with van der Waals surface area (Å²) < 4.78 is 0. The maximum absolute atomic E-state index is 13.3. The Morgan fingerprint density at radius 1 is 1.16 bits per heavy atom. The van der Waals surface area contributed by atoms with Crippen molar-refractivity contribution in [2.75, 3.05) is 19.6 Å². The Balaban J connectivity index is 1.34. The zero-order valence-corrected chi connectivity index (χ0v) is 22.7. The summed E-state index contributed by atoms with van der Waals surface area (Å²) in [5.41, 5.74) is 10.8. The van der Waals surface area contributed by atoms with Crippen molar-refractivity contribution in [3.63, 3.8) is 0 Å². The molecule has 1 saturated carbocycles. The number of rotatable bonds is 11. The zero-order valence-electron chi connectivity index (χ0n) is 21.8. The highest BCUT2D eigenvalue weighted by atomic mass is 32.1. The van der Waals surface area contributed by atoms with Gasteiger partial charge in [0.15, 0.2) is 11.0 Å². The van der Waals surface area contributed by atoms with Gasteiger partial charge in [0.25, 0.3) is 0 Å². The van der Waals surface area contributed by atoms with Gasteiger partial charge in [0.2, 0.25) is 23.5 Å². The lowest BCUT2D eigenvalue weighted by Gasteiger charge is -2.39. The number of ketones is 1. The van der Waals surface area contributed by atoms with Gasteiger partial charge >= 0.3 is 0 Å². The van der Waals surface area contributed by atoms with E-state index < -0.39 is 12.1 Å². The van der Waals surface area contributed by atoms with Crippen LogP contribution in [0.15, 0.2) is 16.6 Å². The van der Waals surface area contributed by atoms with Gasteiger partial charge in [0.05, 0.1) is 18.6 Å². The lowest BCUT2D eigenvalue weighted by Crippen LogP contribution is -2.60. The molecule has 0 bridgehead atoms. The average Bonchev–Trinajstić information content (AvgIpc) is 3.60. The summed E-state index contributed by atoms with van der Waals surface area (Å²) in [4.78, 5) is 63.8. The molecule has 208 valence electrons. The van der Waals surface area contributed by atoms with Crippen LogP contribution in [0, 0.1) is 5.92 Å². The molecule has 0 radical (unpaired) electrons. The van der Waals surface area contributed by atoms with E-state index >= 15 is 0 Å². The van der Waals surface area contributed by atoms with Crippen LogP contribution in [0.25, 0.3) is 0 Å². The Morgan fingerprint density at radius 2 is 1.95 bits per heavy atom. The summed E-state index contributed by atoms with van der Waals surface area (Å²) in [5, 5.41) is 4.90. The van der Waals surface area contributed by atoms with Crippen molar-refractivity contribution in [2.24, 2.45) is 22.4 Å². The number of amides is 3. The lowest BCUT2D eigenvalue weighted by atomic mass is 9.86. The number of aromatic nitrogens is 1. The zero-order chi connectivity index (χ0) is 27.1. The number of fused-ring (bicyclic) bond motifs is 1. The third-order valence-electron chi connectivity index (χ3n) is 7.92. The summed E-state index contributed by atoms with van der Waals surface area (Å²) in [5.74, 6) is -0.212. The van der Waals surface area contributed by atoms with Gasteiger partial charge in [-0.3, -0.25) is 24.2 Å². The Morgan fingerprint density at radius 3 is 2.66 bits per heavy atom. The SMILES string of the molecule is NC(N)=NCCCC(NC(=O)C1CCC2CN(C(=O)CCC3CCCCC3)CC(=O)N21)C(=O)c1nccs1. The number of Topliss-reactive ketones (excluding diaryl/α,β-unsaturated/α-hetero) is 1. The molecule has 1 aliphatic carbocycles. The van der Waals surface area contributed by atoms with Crippen molar-refractivity contribution in [3.8, 4) is 0 Å². The number of hydrogen-bond donors (Lipinski definition) is 3. The van der Waals surface area contributed by atoms with Crippen molar-refractivity contribution in [1.29, 1.82) is 0 Å². The fourth-order valence-corrected chi connectivity index (χ4v) is 6.58. The van der Waals surface area contributed by atoms with Crippen LogP contribution in [0.1, 0.15) is 80.4 Å². The topological polar surface area (TPSA) is 164 Å². The third-order valence-corrected chi connectivity index (χ3v) is 8.70. The van der Waals surface area contributed by atoms with Crippen molar-refractivity contribution < 1.29 is 19.2 Å². The average molecular weight is 546 g/mol. The number of nitrogens with two attached hydrogens (primary N) is 2. The van der Waals surface area contributed by atoms with Crippen LogP contribution in [0.2, 0.25) is 0 Å². The highest BCUT2D eigenvalue weighted by Gasteiger charge is 2.46. The van der Waals surface area contributed by atoms with Crippen molar-refractivity contribution in [2.45, 2.75) is 88.8 Å². The number of aliphatic imine (C=N–C) groups is 1. The Labute approximate surface area is 227 Å². The van der Waals surface area contributed by atoms with Crippen LogP contribution < -0.4 is 16.8 Å². The molecular weight excluding hydrogens is 506 g/mol. The molecule has 3 fully saturated rings. The molecule has 1 aromatic rings. The van der Waals surface area contributed by atoms with E-state index in [1.807, 2.05) is 0 Å². The van der Waals surface area contributed by atoms with E-state index in [4.69, 9.17) is 11.5 Å². The van der Waals surface area contributed by atoms with Crippen molar-refractivity contribution in [3.05, 3.63) is 16.6 Å². The second-order valence-electron chi connectivity index (χ2n) is 10.6. The number of thiazole rings is 1. The molecule has 12 heteroatoms. The quantitative estimate of drug-likeness (QED) is 0.164. The molecule has 1 aromatic heterocycles. The summed E-state index contributed by atoms with van der Waals surface area (Å²) in [6, 6.07) is -1.63. The minimum atomic E-state index is -0.792. The fourth-order valence-electron chi connectivity index (χ4n) is 5.95. The molecule has 3 amide bonds. The van der Waals surface area contributed by atoms with Crippen LogP contribution in [0.4, 0.5) is 0 Å². The normalized spacial score (nSPS) is 22.6. The van der Waals surface area contributed by atoms with Crippen LogP contribution >= 0.6 is 11.3 Å². The van der Waals surface area contributed by atoms with Gasteiger partial charge < -0.3 is 26.6 Å². The van der Waals surface area contributed by atoms with E-state index in [2.05, 4.69) is 15.3 Å². The van der Waals surface area contributed by atoms with E-state index in [1.165, 1.54) is 43.4 Å². The molecule has 5 N–H and O–H groups in total. The first-order valence-corrected chi connectivity index (χ1v) is 14.6. The third kappa shape index (κ3) is 7.09. The molecule has 0 aromatic carbocycles. The van der Waals surface area contributed by atoms with E-state index in [0.717, 1.165) is 6.42 Å². The molecular formula is C26H39N7O4S. The van der Waals surface area contributed by atoms with Gasteiger partial charge in [-0.1, -0.05) is 32.1 Å². The number of guanidine groups is 1. The highest BCUT2D eigenvalue weighted by Crippen LogP contribution is 2.31. The maximum atomic E-state index is 13.3. The van der Waals surface area contributed by atoms with Gasteiger partial charge in [-0.15, -0.1) is 11.3 Å². The van der Waals surface area contributed by atoms with E-state index in [1.54, 1.807) is 21.4 Å². The lowest BCUT2D eigenvalue weighted by molar-refractivity contribution is -0.151. The first kappa shape index (κ1) is 28.0. The molecule has 4 rings (SSSR count). The van der Waals surface area contributed by atoms with Crippen molar-refractivity contribution in [1.82, 2.24) is 20.1 Å². The van der Waals surface area contributed by atoms with Crippen LogP contribution in [-0.2, 0) is 14.4 Å². The molecule has 3 aliphatic rings. The number of carbonyl (C=O) groups excluding carboxylic acids is 4. The predicted molar refractivity (Wildman–Crippen MR) is 144 cm³/mol. The van der Waals surface area contributed by atoms with Gasteiger partial charge in [-0.2, -0.15) is 0 Å². The molecule has 2 saturated heterocycles. The Bertz CT molecular complexity index is 1020. The number of hydrogen-bond acceptors (Lipinski definition) is 7. The highest BCUT2D eigenvalue weighted by molar-refractivity contribution is 7.11. The van der Waals surface area contributed by atoms with E-state index in [9.17, 15) is 19.2 Å². The summed E-state index contributed by atoms with van der Waals surface area (Å²) >= 11 is 1.22. The van der Waals surface area contributed by atoms with E-state index in [-0.39, 0.29) is 42.1 Å². The molecule has 0 spiro atoms. The van der Waals surface area contributed by atoms with Gasteiger partial charge in [0.1, 0.15) is 6.04 Å². The fraction of sp³-hybridized carbons (Fsp3) is 0.692. The van der Waals surface area contributed by atoms with E-state index in [0.29, 0.717) is 56.1 Å². The van der Waals surface area contributed by atoms with Crippen molar-refractivity contribution >= 4 is 40.8 Å². The van der Waals surface area contributed by atoms with Crippen LogP contribution in [0.5, 0.6) is 0 Å². The monoisotopic (exact) mass is 545 g/mol. The van der Waals surface area contributed by atoms with Crippen LogP contribution in [-0.4, -0.2) is 82.0 Å². The molecule has 3 atom stereocenters. The first-order valence-electron chi connectivity index (χ1n) is 13.7. The number of nitrogens with one attached hydrogen (secondary N) is 1. The minimum Gasteiger partial charge on any atom is -0.370 e. The molecule has 2 aliphatic heterocycles. The largest absolute Gasteiger partial charge is 0.370 e. The summed E-state index contributed by atoms with van der Waals surface area (Å²) in [6.45, 7) is 0.795. The van der Waals surface area contributed by atoms with Gasteiger partial charge in [0, 0.05) is 31.1 Å². The summed E-state index contributed by atoms with van der Waals surface area (Å²) in [6.07, 6.45) is 11.1. The maximum Gasteiger partial charge on any atom is 0.243 e. The predicted octanol–water partition coefficient (Wildman–Crippen LogP) is 1.43. The number of carbonyl (C=O) groups is 4. The minimum absolute atomic E-state index is 0.00374.